The van der Waals surface area contributed by atoms with E-state index in [0.717, 1.165) is 19.4 Å². The minimum Gasteiger partial charge on any atom is -0.461 e. The molecule has 0 radical (unpaired) electrons. The Kier molecular flexibility index (Phi) is 4.37. The van der Waals surface area contributed by atoms with Crippen LogP contribution in [0.4, 0.5) is 0 Å². The van der Waals surface area contributed by atoms with Crippen molar-refractivity contribution < 1.29 is 19.1 Å². The summed E-state index contributed by atoms with van der Waals surface area (Å²) < 4.78 is 11.5. The fourth-order valence-corrected chi connectivity index (χ4v) is 4.39. The van der Waals surface area contributed by atoms with Gasteiger partial charge in [-0.2, -0.15) is 0 Å². The van der Waals surface area contributed by atoms with Gasteiger partial charge in [-0.1, -0.05) is 19.9 Å². The monoisotopic (exact) mass is 322 g/mol. The van der Waals surface area contributed by atoms with Crippen LogP contribution in [0.25, 0.3) is 0 Å². The summed E-state index contributed by atoms with van der Waals surface area (Å²) in [5.74, 6) is 0.0615. The maximum absolute atomic E-state index is 12.1. The molecule has 3 atom stereocenters. The molecule has 2 fully saturated rings. The van der Waals surface area contributed by atoms with Crippen molar-refractivity contribution in [1.82, 2.24) is 0 Å². The Hall–Kier alpha value is -1.20. The molecule has 2 aliphatic rings. The number of ether oxygens (including phenoxy) is 2. The highest BCUT2D eigenvalue weighted by atomic mass is 32.1. The summed E-state index contributed by atoms with van der Waals surface area (Å²) in [4.78, 5) is 24.7. The van der Waals surface area contributed by atoms with Crippen LogP contribution in [-0.2, 0) is 14.3 Å². The first-order valence-electron chi connectivity index (χ1n) is 7.88. The zero-order valence-electron chi connectivity index (χ0n) is 13.0. The predicted octanol–water partition coefficient (Wildman–Crippen LogP) is 3.46. The van der Waals surface area contributed by atoms with E-state index in [9.17, 15) is 9.59 Å². The molecule has 5 heteroatoms. The number of carbonyl (C=O) groups is 2. The first-order valence-corrected chi connectivity index (χ1v) is 8.76. The topological polar surface area (TPSA) is 52.6 Å². The second kappa shape index (κ2) is 6.13. The molecule has 0 bridgehead atoms. The van der Waals surface area contributed by atoms with Gasteiger partial charge in [0, 0.05) is 24.4 Å². The molecule has 1 aliphatic heterocycles. The molecule has 1 aliphatic carbocycles. The second-order valence-corrected chi connectivity index (χ2v) is 7.68. The number of rotatable bonds is 5. The largest absolute Gasteiger partial charge is 0.461 e. The van der Waals surface area contributed by atoms with Crippen molar-refractivity contribution >= 4 is 23.1 Å². The van der Waals surface area contributed by atoms with E-state index in [-0.39, 0.29) is 42.2 Å². The molecule has 0 N–H and O–H groups in total. The van der Waals surface area contributed by atoms with Gasteiger partial charge in [0.25, 0.3) is 0 Å². The van der Waals surface area contributed by atoms with Crippen molar-refractivity contribution in [2.75, 3.05) is 6.61 Å². The zero-order chi connectivity index (χ0) is 15.7. The van der Waals surface area contributed by atoms with Gasteiger partial charge in [0.05, 0.1) is 17.4 Å². The molecule has 22 heavy (non-hydrogen) atoms. The molecule has 3 rings (SSSR count). The number of hydrogen-bond donors (Lipinski definition) is 0. The average Bonchev–Trinajstić information content (AvgIpc) is 3.04. The van der Waals surface area contributed by atoms with Gasteiger partial charge in [-0.3, -0.25) is 9.59 Å². The van der Waals surface area contributed by atoms with Gasteiger partial charge in [0.15, 0.2) is 5.78 Å². The lowest BCUT2D eigenvalue weighted by Gasteiger charge is -2.58. The van der Waals surface area contributed by atoms with E-state index in [1.807, 2.05) is 11.4 Å². The van der Waals surface area contributed by atoms with Crippen LogP contribution in [0.15, 0.2) is 17.5 Å². The van der Waals surface area contributed by atoms with Gasteiger partial charge in [0.2, 0.25) is 0 Å². The van der Waals surface area contributed by atoms with Crippen molar-refractivity contribution in [3.8, 4) is 0 Å². The van der Waals surface area contributed by atoms with Crippen LogP contribution in [0.2, 0.25) is 0 Å². The summed E-state index contributed by atoms with van der Waals surface area (Å²) in [5, 5.41) is 1.87. The number of hydrogen-bond acceptors (Lipinski definition) is 5. The van der Waals surface area contributed by atoms with E-state index in [0.29, 0.717) is 10.8 Å². The van der Waals surface area contributed by atoms with E-state index >= 15 is 0 Å². The van der Waals surface area contributed by atoms with Crippen molar-refractivity contribution in [3.63, 3.8) is 0 Å². The van der Waals surface area contributed by atoms with Crippen LogP contribution in [0.3, 0.4) is 0 Å². The molecule has 4 nitrogen and oxygen atoms in total. The Morgan fingerprint density at radius 1 is 1.41 bits per heavy atom. The number of esters is 1. The number of Topliss-reactive ketones (excluding diaryl/α,β-unsaturated/α-hetero) is 1. The van der Waals surface area contributed by atoms with Crippen LogP contribution in [0.5, 0.6) is 0 Å². The minimum absolute atomic E-state index is 0.0127. The van der Waals surface area contributed by atoms with Gasteiger partial charge >= 0.3 is 5.97 Å². The zero-order valence-corrected chi connectivity index (χ0v) is 13.9. The lowest BCUT2D eigenvalue weighted by atomic mass is 9.57. The Morgan fingerprint density at radius 3 is 2.95 bits per heavy atom. The molecule has 120 valence electrons. The van der Waals surface area contributed by atoms with E-state index in [1.165, 1.54) is 11.3 Å². The van der Waals surface area contributed by atoms with E-state index < -0.39 is 0 Å². The number of thiophene rings is 1. The Bertz CT molecular complexity index is 549. The summed E-state index contributed by atoms with van der Waals surface area (Å²) >= 11 is 1.41. The SMILES string of the molecule is CC1(C)C2OCCCC2C1OC(=O)CCC(=O)c1cccs1. The summed E-state index contributed by atoms with van der Waals surface area (Å²) in [7, 11) is 0. The summed E-state index contributed by atoms with van der Waals surface area (Å²) in [6, 6.07) is 3.63. The lowest BCUT2D eigenvalue weighted by Crippen LogP contribution is -2.65. The van der Waals surface area contributed by atoms with Gasteiger partial charge in [0.1, 0.15) is 6.10 Å². The third-order valence-corrected chi connectivity index (χ3v) is 5.75. The van der Waals surface area contributed by atoms with Gasteiger partial charge < -0.3 is 9.47 Å². The predicted molar refractivity (Wildman–Crippen MR) is 84.0 cm³/mol. The van der Waals surface area contributed by atoms with Crippen LogP contribution >= 0.6 is 11.3 Å². The van der Waals surface area contributed by atoms with Gasteiger partial charge in [-0.05, 0) is 24.3 Å². The molecule has 0 amide bonds. The smallest absolute Gasteiger partial charge is 0.306 e. The molecule has 1 saturated carbocycles. The molecule has 1 saturated heterocycles. The van der Waals surface area contributed by atoms with E-state index in [2.05, 4.69) is 13.8 Å². The third kappa shape index (κ3) is 2.84. The third-order valence-electron chi connectivity index (χ3n) is 4.83. The molecule has 3 unspecified atom stereocenters. The first kappa shape index (κ1) is 15.7. The Morgan fingerprint density at radius 2 is 2.23 bits per heavy atom. The van der Waals surface area contributed by atoms with Crippen molar-refractivity contribution in [2.24, 2.45) is 11.3 Å². The maximum Gasteiger partial charge on any atom is 0.306 e. The molecule has 1 aromatic rings. The van der Waals surface area contributed by atoms with Crippen molar-refractivity contribution in [2.45, 2.75) is 51.7 Å². The Balaban J connectivity index is 1.50. The average molecular weight is 322 g/mol. The molecular weight excluding hydrogens is 300 g/mol. The fourth-order valence-electron chi connectivity index (χ4n) is 3.69. The molecule has 0 aromatic carbocycles. The summed E-state index contributed by atoms with van der Waals surface area (Å²) in [6.45, 7) is 4.99. The van der Waals surface area contributed by atoms with E-state index in [4.69, 9.17) is 9.47 Å². The van der Waals surface area contributed by atoms with Gasteiger partial charge in [-0.25, -0.2) is 0 Å². The highest BCUT2D eigenvalue weighted by Crippen LogP contribution is 2.53. The quantitative estimate of drug-likeness (QED) is 0.615. The highest BCUT2D eigenvalue weighted by molar-refractivity contribution is 7.12. The molecule has 1 aromatic heterocycles. The molecule has 0 spiro atoms. The Labute approximate surface area is 134 Å². The minimum atomic E-state index is -0.271. The maximum atomic E-state index is 12.1. The van der Waals surface area contributed by atoms with Crippen molar-refractivity contribution in [3.05, 3.63) is 22.4 Å². The number of carbonyl (C=O) groups excluding carboxylic acids is 2. The summed E-state index contributed by atoms with van der Waals surface area (Å²) in [6.07, 6.45) is 2.58. The first-order chi connectivity index (χ1) is 10.5. The molecule has 2 heterocycles. The van der Waals surface area contributed by atoms with Crippen molar-refractivity contribution in [1.29, 1.82) is 0 Å². The number of ketones is 1. The molecular formula is C17H22O4S. The second-order valence-electron chi connectivity index (χ2n) is 6.73. The van der Waals surface area contributed by atoms with Crippen LogP contribution in [0.1, 0.15) is 49.2 Å². The fraction of sp³-hybridized carbons (Fsp3) is 0.647. The van der Waals surface area contributed by atoms with Crippen LogP contribution < -0.4 is 0 Å². The van der Waals surface area contributed by atoms with Crippen LogP contribution in [0, 0.1) is 11.3 Å². The number of fused-ring (bicyclic) bond motifs is 1. The van der Waals surface area contributed by atoms with E-state index in [1.54, 1.807) is 6.07 Å². The van der Waals surface area contributed by atoms with Gasteiger partial charge in [-0.15, -0.1) is 11.3 Å². The van der Waals surface area contributed by atoms with Crippen LogP contribution in [-0.4, -0.2) is 30.6 Å². The standard InChI is InChI=1S/C17H22O4S/c1-17(2)15-11(5-3-9-20-15)16(17)21-14(19)8-7-12(18)13-6-4-10-22-13/h4,6,10-11,15-16H,3,5,7-9H2,1-2H3. The highest BCUT2D eigenvalue weighted by Gasteiger charge is 2.60. The summed E-state index contributed by atoms with van der Waals surface area (Å²) in [5.41, 5.74) is -0.126. The normalized spacial score (nSPS) is 29.3. The lowest BCUT2D eigenvalue weighted by molar-refractivity contribution is -0.254.